The van der Waals surface area contributed by atoms with Gasteiger partial charge in [-0.15, -0.1) is 0 Å². The van der Waals surface area contributed by atoms with Crippen LogP contribution in [-0.4, -0.2) is 58.2 Å². The van der Waals surface area contributed by atoms with Crippen molar-refractivity contribution in [2.45, 2.75) is 24.4 Å². The molecule has 0 bridgehead atoms. The molecule has 0 radical (unpaired) electrons. The van der Waals surface area contributed by atoms with Gasteiger partial charge in [-0.05, 0) is 0 Å². The Bertz CT molecular complexity index is 365. The number of aliphatic hydroxyl groups excluding tert-OH is 3. The molecule has 0 saturated carbocycles. The molecular formula is C9H11NO6. The number of hydrogen-bond donors (Lipinski definition) is 4. The summed E-state index contributed by atoms with van der Waals surface area (Å²) in [6.45, 7) is -0.475. The van der Waals surface area contributed by atoms with Gasteiger partial charge in [0.2, 0.25) is 0 Å². The quantitative estimate of drug-likeness (QED) is 0.376. The molecule has 2 amide bonds. The minimum absolute atomic E-state index is 0.0347. The van der Waals surface area contributed by atoms with Crippen LogP contribution in [0.1, 0.15) is 0 Å². The second-order valence-corrected chi connectivity index (χ2v) is 3.68. The topological polar surface area (TPSA) is 116 Å². The maximum atomic E-state index is 11.3. The molecule has 0 aromatic carbocycles. The number of nitrogens with one attached hydrogen (secondary N) is 1. The maximum Gasteiger partial charge on any atom is 0.256 e. The third kappa shape index (κ3) is 1.63. The molecule has 1 saturated heterocycles. The Kier molecular flexibility index (Phi) is 2.76. The third-order valence-electron chi connectivity index (χ3n) is 2.63. The summed E-state index contributed by atoms with van der Waals surface area (Å²) in [7, 11) is 0. The van der Waals surface area contributed by atoms with E-state index in [9.17, 15) is 19.8 Å². The van der Waals surface area contributed by atoms with Crippen molar-refractivity contribution in [2.75, 3.05) is 6.61 Å². The lowest BCUT2D eigenvalue weighted by Crippen LogP contribution is -2.36. The summed E-state index contributed by atoms with van der Waals surface area (Å²) >= 11 is 0. The van der Waals surface area contributed by atoms with Crippen LogP contribution in [-0.2, 0) is 14.3 Å². The molecule has 4 atom stereocenters. The molecule has 88 valence electrons. The predicted molar refractivity (Wildman–Crippen MR) is 49.0 cm³/mol. The molecule has 2 heterocycles. The Morgan fingerprint density at radius 2 is 2.00 bits per heavy atom. The first kappa shape index (κ1) is 11.2. The van der Waals surface area contributed by atoms with Gasteiger partial charge in [0.15, 0.2) is 0 Å². The first-order valence-electron chi connectivity index (χ1n) is 4.74. The van der Waals surface area contributed by atoms with Gasteiger partial charge in [0.05, 0.1) is 12.2 Å². The molecule has 2 aliphatic heterocycles. The fourth-order valence-electron chi connectivity index (χ4n) is 1.79. The average Bonchev–Trinajstić information content (AvgIpc) is 2.70. The second-order valence-electron chi connectivity index (χ2n) is 3.68. The molecule has 0 spiro atoms. The van der Waals surface area contributed by atoms with Crippen LogP contribution in [0.25, 0.3) is 0 Å². The largest absolute Gasteiger partial charge is 0.394 e. The van der Waals surface area contributed by atoms with Gasteiger partial charge in [0, 0.05) is 6.08 Å². The fourth-order valence-corrected chi connectivity index (χ4v) is 1.79. The Morgan fingerprint density at radius 1 is 1.31 bits per heavy atom. The molecule has 1 fully saturated rings. The normalized spacial score (nSPS) is 38.8. The third-order valence-corrected chi connectivity index (χ3v) is 2.63. The fraction of sp³-hybridized carbons (Fsp3) is 0.556. The van der Waals surface area contributed by atoms with E-state index in [-0.39, 0.29) is 5.57 Å². The molecular weight excluding hydrogens is 218 g/mol. The zero-order chi connectivity index (χ0) is 11.9. The van der Waals surface area contributed by atoms with E-state index in [1.807, 2.05) is 5.32 Å². The van der Waals surface area contributed by atoms with Crippen molar-refractivity contribution in [2.24, 2.45) is 0 Å². The molecule has 7 nitrogen and oxygen atoms in total. The Balaban J connectivity index is 2.20. The van der Waals surface area contributed by atoms with E-state index < -0.39 is 42.8 Å². The lowest BCUT2D eigenvalue weighted by molar-refractivity contribution is -0.124. The van der Waals surface area contributed by atoms with Gasteiger partial charge in [-0.25, -0.2) is 0 Å². The number of imide groups is 1. The second kappa shape index (κ2) is 3.95. The van der Waals surface area contributed by atoms with Crippen LogP contribution in [0, 0.1) is 0 Å². The minimum Gasteiger partial charge on any atom is -0.394 e. The number of carbonyl (C=O) groups excluding carboxylic acids is 2. The standard InChI is InChI=1S/C9H11NO6/c11-2-4-6(13)7(14)8(16-4)3-1-5(12)10-9(3)15/h1,4,6-8,11,13-14H,2H2,(H,10,12,15)/t4-,6+,7-,8+/m0/s1. The molecule has 0 unspecified atom stereocenters. The first-order valence-corrected chi connectivity index (χ1v) is 4.74. The Labute approximate surface area is 90.3 Å². The van der Waals surface area contributed by atoms with E-state index in [0.717, 1.165) is 6.08 Å². The molecule has 16 heavy (non-hydrogen) atoms. The summed E-state index contributed by atoms with van der Waals surface area (Å²) in [5, 5.41) is 29.9. The van der Waals surface area contributed by atoms with Crippen LogP contribution < -0.4 is 5.32 Å². The van der Waals surface area contributed by atoms with Crippen LogP contribution >= 0.6 is 0 Å². The highest BCUT2D eigenvalue weighted by molar-refractivity contribution is 6.16. The number of ether oxygens (including phenoxy) is 1. The monoisotopic (exact) mass is 229 g/mol. The molecule has 2 rings (SSSR count). The predicted octanol–water partition coefficient (Wildman–Crippen LogP) is -2.95. The number of carbonyl (C=O) groups is 2. The summed E-state index contributed by atoms with van der Waals surface area (Å²) in [4.78, 5) is 22.2. The van der Waals surface area contributed by atoms with Crippen molar-refractivity contribution in [3.05, 3.63) is 11.6 Å². The molecule has 0 aromatic rings. The van der Waals surface area contributed by atoms with Crippen molar-refractivity contribution in [3.8, 4) is 0 Å². The average molecular weight is 229 g/mol. The van der Waals surface area contributed by atoms with Crippen molar-refractivity contribution in [3.63, 3.8) is 0 Å². The lowest BCUT2D eigenvalue weighted by atomic mass is 10.0. The van der Waals surface area contributed by atoms with E-state index in [4.69, 9.17) is 9.84 Å². The van der Waals surface area contributed by atoms with Crippen LogP contribution in [0.3, 0.4) is 0 Å². The number of hydrogen-bond acceptors (Lipinski definition) is 6. The van der Waals surface area contributed by atoms with Gasteiger partial charge in [0.1, 0.15) is 24.4 Å². The van der Waals surface area contributed by atoms with Crippen LogP contribution in [0.5, 0.6) is 0 Å². The first-order chi connectivity index (χ1) is 7.54. The maximum absolute atomic E-state index is 11.3. The van der Waals surface area contributed by atoms with Crippen molar-refractivity contribution in [1.82, 2.24) is 5.32 Å². The van der Waals surface area contributed by atoms with Gasteiger partial charge in [-0.1, -0.05) is 0 Å². The van der Waals surface area contributed by atoms with E-state index in [1.165, 1.54) is 0 Å². The van der Waals surface area contributed by atoms with Gasteiger partial charge < -0.3 is 20.1 Å². The zero-order valence-corrected chi connectivity index (χ0v) is 8.16. The van der Waals surface area contributed by atoms with Crippen LogP contribution in [0.15, 0.2) is 11.6 Å². The van der Waals surface area contributed by atoms with Gasteiger partial charge in [-0.3, -0.25) is 14.9 Å². The Hall–Kier alpha value is -1.28. The van der Waals surface area contributed by atoms with E-state index >= 15 is 0 Å². The van der Waals surface area contributed by atoms with E-state index in [2.05, 4.69) is 0 Å². The van der Waals surface area contributed by atoms with Crippen molar-refractivity contribution >= 4 is 11.8 Å². The highest BCUT2D eigenvalue weighted by Crippen LogP contribution is 2.27. The van der Waals surface area contributed by atoms with Gasteiger partial charge in [-0.2, -0.15) is 0 Å². The summed E-state index contributed by atoms with van der Waals surface area (Å²) in [6, 6.07) is 0. The highest BCUT2D eigenvalue weighted by Gasteiger charge is 2.46. The molecule has 7 heteroatoms. The summed E-state index contributed by atoms with van der Waals surface area (Å²) in [5.41, 5.74) is -0.0347. The van der Waals surface area contributed by atoms with E-state index in [1.54, 1.807) is 0 Å². The zero-order valence-electron chi connectivity index (χ0n) is 8.16. The lowest BCUT2D eigenvalue weighted by Gasteiger charge is -2.13. The van der Waals surface area contributed by atoms with Gasteiger partial charge in [0.25, 0.3) is 11.8 Å². The molecule has 2 aliphatic rings. The highest BCUT2D eigenvalue weighted by atomic mass is 16.6. The van der Waals surface area contributed by atoms with Crippen LogP contribution in [0.4, 0.5) is 0 Å². The summed E-state index contributed by atoms with van der Waals surface area (Å²) < 4.78 is 5.11. The number of aliphatic hydroxyl groups is 3. The SMILES string of the molecule is O=C1C=C([C@H]2O[C@@H](CO)[C@@H](O)[C@@H]2O)C(=O)N1. The number of rotatable bonds is 2. The van der Waals surface area contributed by atoms with Crippen molar-refractivity contribution in [1.29, 1.82) is 0 Å². The Morgan fingerprint density at radius 3 is 2.44 bits per heavy atom. The smallest absolute Gasteiger partial charge is 0.256 e. The van der Waals surface area contributed by atoms with Gasteiger partial charge >= 0.3 is 0 Å². The van der Waals surface area contributed by atoms with Crippen molar-refractivity contribution < 1.29 is 29.6 Å². The molecule has 0 aliphatic carbocycles. The summed E-state index contributed by atoms with van der Waals surface area (Å²) in [6.07, 6.45) is -3.63. The van der Waals surface area contributed by atoms with Crippen LogP contribution in [0.2, 0.25) is 0 Å². The molecule has 4 N–H and O–H groups in total. The summed E-state index contributed by atoms with van der Waals surface area (Å²) in [5.74, 6) is -1.24. The van der Waals surface area contributed by atoms with E-state index in [0.29, 0.717) is 0 Å². The minimum atomic E-state index is -1.33. The molecule has 0 aromatic heterocycles. The number of amides is 2.